The lowest BCUT2D eigenvalue weighted by Gasteiger charge is -2.30. The van der Waals surface area contributed by atoms with E-state index in [0.29, 0.717) is 23.5 Å². The maximum absolute atomic E-state index is 8.65. The standard InChI is InChI=1S/C16H21N3S/c1-12-4-2-3-5-15(12)19-16(20)18-14-8-6-13(7-9-14)10-11-17/h6-9,12,15H,2-5,10H2,1H3,(H2,18,19,20)/t12-,15+/m1/s1. The van der Waals surface area contributed by atoms with E-state index in [0.717, 1.165) is 11.3 Å². The average Bonchev–Trinajstić information content (AvgIpc) is 2.44. The molecule has 106 valence electrons. The van der Waals surface area contributed by atoms with E-state index in [1.54, 1.807) is 0 Å². The number of hydrogen-bond acceptors (Lipinski definition) is 2. The van der Waals surface area contributed by atoms with Gasteiger partial charge in [0.05, 0.1) is 12.5 Å². The Morgan fingerprint density at radius 3 is 2.65 bits per heavy atom. The summed E-state index contributed by atoms with van der Waals surface area (Å²) in [4.78, 5) is 0. The van der Waals surface area contributed by atoms with Crippen LogP contribution in [0.3, 0.4) is 0 Å². The van der Waals surface area contributed by atoms with Gasteiger partial charge in [-0.15, -0.1) is 0 Å². The Kier molecular flexibility index (Phi) is 5.37. The summed E-state index contributed by atoms with van der Waals surface area (Å²) in [5.41, 5.74) is 1.99. The van der Waals surface area contributed by atoms with Crippen molar-refractivity contribution in [2.75, 3.05) is 5.32 Å². The minimum absolute atomic E-state index is 0.447. The number of thiocarbonyl (C=S) groups is 1. The summed E-state index contributed by atoms with van der Waals surface area (Å²) in [7, 11) is 0. The van der Waals surface area contributed by atoms with Gasteiger partial charge in [0.2, 0.25) is 0 Å². The highest BCUT2D eigenvalue weighted by Gasteiger charge is 2.21. The fraction of sp³-hybridized carbons (Fsp3) is 0.500. The Bertz CT molecular complexity index is 489. The third-order valence-electron chi connectivity index (χ3n) is 3.92. The SMILES string of the molecule is C[C@@H]1CCCC[C@@H]1NC(=S)Nc1ccc(CC#N)cc1. The summed E-state index contributed by atoms with van der Waals surface area (Å²) in [5.74, 6) is 0.682. The Morgan fingerprint density at radius 1 is 1.30 bits per heavy atom. The summed E-state index contributed by atoms with van der Waals surface area (Å²) >= 11 is 5.38. The van der Waals surface area contributed by atoms with Gasteiger partial charge in [-0.25, -0.2) is 0 Å². The molecule has 1 aliphatic carbocycles. The quantitative estimate of drug-likeness (QED) is 0.834. The molecule has 0 radical (unpaired) electrons. The number of rotatable bonds is 3. The molecule has 0 spiro atoms. The second kappa shape index (κ2) is 7.25. The number of hydrogen-bond donors (Lipinski definition) is 2. The topological polar surface area (TPSA) is 47.8 Å². The van der Waals surface area contributed by atoms with Crippen molar-refractivity contribution in [3.8, 4) is 6.07 Å². The van der Waals surface area contributed by atoms with E-state index >= 15 is 0 Å². The first-order valence-corrected chi connectivity index (χ1v) is 7.63. The largest absolute Gasteiger partial charge is 0.359 e. The first kappa shape index (κ1) is 14.8. The zero-order valence-corrected chi connectivity index (χ0v) is 12.7. The molecule has 0 aromatic heterocycles. The van der Waals surface area contributed by atoms with Gasteiger partial charge < -0.3 is 10.6 Å². The normalized spacial score (nSPS) is 21.8. The molecule has 20 heavy (non-hydrogen) atoms. The third-order valence-corrected chi connectivity index (χ3v) is 4.14. The van der Waals surface area contributed by atoms with E-state index in [4.69, 9.17) is 17.5 Å². The highest BCUT2D eigenvalue weighted by molar-refractivity contribution is 7.80. The number of nitrogens with zero attached hydrogens (tertiary/aromatic N) is 1. The second-order valence-corrected chi connectivity index (χ2v) is 5.91. The van der Waals surface area contributed by atoms with Crippen LogP contribution < -0.4 is 10.6 Å². The molecule has 3 nitrogen and oxygen atoms in total. The van der Waals surface area contributed by atoms with Crippen LogP contribution in [0.5, 0.6) is 0 Å². The smallest absolute Gasteiger partial charge is 0.171 e. The molecular weight excluding hydrogens is 266 g/mol. The molecule has 1 aromatic rings. The first-order valence-electron chi connectivity index (χ1n) is 7.22. The minimum atomic E-state index is 0.447. The van der Waals surface area contributed by atoms with Crippen LogP contribution in [0.25, 0.3) is 0 Å². The van der Waals surface area contributed by atoms with Gasteiger partial charge in [-0.05, 0) is 48.7 Å². The van der Waals surface area contributed by atoms with Gasteiger partial charge >= 0.3 is 0 Å². The van der Waals surface area contributed by atoms with Crippen molar-refractivity contribution in [2.45, 2.75) is 45.1 Å². The van der Waals surface area contributed by atoms with E-state index in [9.17, 15) is 0 Å². The van der Waals surface area contributed by atoms with Crippen LogP contribution in [0.1, 0.15) is 38.2 Å². The van der Waals surface area contributed by atoms with Crippen LogP contribution in [-0.2, 0) is 6.42 Å². The third kappa shape index (κ3) is 4.21. The van der Waals surface area contributed by atoms with Crippen molar-refractivity contribution in [1.29, 1.82) is 5.26 Å². The van der Waals surface area contributed by atoms with Crippen molar-refractivity contribution in [3.05, 3.63) is 29.8 Å². The number of benzene rings is 1. The maximum atomic E-state index is 8.65. The number of nitriles is 1. The number of nitrogens with one attached hydrogen (secondary N) is 2. The molecule has 1 aromatic carbocycles. The van der Waals surface area contributed by atoms with Crippen molar-refractivity contribution in [1.82, 2.24) is 5.32 Å². The van der Waals surface area contributed by atoms with E-state index < -0.39 is 0 Å². The van der Waals surface area contributed by atoms with Gasteiger partial charge in [0.1, 0.15) is 0 Å². The lowest BCUT2D eigenvalue weighted by Crippen LogP contribution is -2.43. The van der Waals surface area contributed by atoms with Crippen molar-refractivity contribution in [2.24, 2.45) is 5.92 Å². The first-order chi connectivity index (χ1) is 9.69. The van der Waals surface area contributed by atoms with Crippen LogP contribution in [-0.4, -0.2) is 11.2 Å². The number of anilines is 1. The predicted octanol–water partition coefficient (Wildman–Crippen LogP) is 3.62. The van der Waals surface area contributed by atoms with Gasteiger partial charge in [-0.2, -0.15) is 5.26 Å². The van der Waals surface area contributed by atoms with Crippen LogP contribution in [0.2, 0.25) is 0 Å². The molecule has 2 atom stereocenters. The lowest BCUT2D eigenvalue weighted by atomic mass is 9.86. The van der Waals surface area contributed by atoms with Crippen LogP contribution in [0, 0.1) is 17.2 Å². The van der Waals surface area contributed by atoms with Crippen molar-refractivity contribution >= 4 is 23.0 Å². The lowest BCUT2D eigenvalue weighted by molar-refractivity contribution is 0.309. The van der Waals surface area contributed by atoms with Crippen LogP contribution >= 0.6 is 12.2 Å². The molecule has 0 unspecified atom stereocenters. The van der Waals surface area contributed by atoms with E-state index in [2.05, 4.69) is 23.6 Å². The van der Waals surface area contributed by atoms with E-state index in [-0.39, 0.29) is 0 Å². The zero-order chi connectivity index (χ0) is 14.4. The molecule has 0 saturated heterocycles. The summed E-state index contributed by atoms with van der Waals surface area (Å²) in [6.07, 6.45) is 5.54. The molecule has 0 heterocycles. The Morgan fingerprint density at radius 2 is 2.00 bits per heavy atom. The molecule has 4 heteroatoms. The molecular formula is C16H21N3S. The van der Waals surface area contributed by atoms with E-state index in [1.807, 2.05) is 24.3 Å². The predicted molar refractivity (Wildman–Crippen MR) is 86.5 cm³/mol. The zero-order valence-electron chi connectivity index (χ0n) is 11.9. The highest BCUT2D eigenvalue weighted by atomic mass is 32.1. The minimum Gasteiger partial charge on any atom is -0.359 e. The molecule has 1 saturated carbocycles. The van der Waals surface area contributed by atoms with E-state index in [1.165, 1.54) is 25.7 Å². The molecule has 0 aliphatic heterocycles. The Hall–Kier alpha value is -1.60. The van der Waals surface area contributed by atoms with Gasteiger partial charge in [-0.3, -0.25) is 0 Å². The highest BCUT2D eigenvalue weighted by Crippen LogP contribution is 2.23. The van der Waals surface area contributed by atoms with Gasteiger partial charge in [0.15, 0.2) is 5.11 Å². The molecule has 1 aliphatic rings. The molecule has 0 amide bonds. The molecule has 1 fully saturated rings. The molecule has 0 bridgehead atoms. The Labute approximate surface area is 126 Å². The fourth-order valence-corrected chi connectivity index (χ4v) is 2.93. The average molecular weight is 287 g/mol. The fourth-order valence-electron chi connectivity index (χ4n) is 2.66. The van der Waals surface area contributed by atoms with Gasteiger partial charge in [0, 0.05) is 11.7 Å². The van der Waals surface area contributed by atoms with Crippen LogP contribution in [0.15, 0.2) is 24.3 Å². The summed E-state index contributed by atoms with van der Waals surface area (Å²) in [6, 6.07) is 10.5. The monoisotopic (exact) mass is 287 g/mol. The van der Waals surface area contributed by atoms with Crippen molar-refractivity contribution in [3.63, 3.8) is 0 Å². The summed E-state index contributed by atoms with van der Waals surface area (Å²) < 4.78 is 0. The summed E-state index contributed by atoms with van der Waals surface area (Å²) in [6.45, 7) is 2.29. The maximum Gasteiger partial charge on any atom is 0.171 e. The Balaban J connectivity index is 1.86. The molecule has 2 rings (SSSR count). The summed E-state index contributed by atoms with van der Waals surface area (Å²) in [5, 5.41) is 16.0. The van der Waals surface area contributed by atoms with Crippen LogP contribution in [0.4, 0.5) is 5.69 Å². The second-order valence-electron chi connectivity index (χ2n) is 5.50. The van der Waals surface area contributed by atoms with Gasteiger partial charge in [-0.1, -0.05) is 31.9 Å². The molecule has 2 N–H and O–H groups in total. The van der Waals surface area contributed by atoms with Gasteiger partial charge in [0.25, 0.3) is 0 Å². The van der Waals surface area contributed by atoms with Crippen molar-refractivity contribution < 1.29 is 0 Å².